The maximum Gasteiger partial charge on any atom is 0.257 e. The van der Waals surface area contributed by atoms with Crippen molar-refractivity contribution < 1.29 is 4.79 Å². The standard InChI is InChI=1S/C18H14ClN5O2/c1-10(17-23-22-15-4-2-3-7-24(15)17)21-18(26)13-9-20-14-6-5-11(19)8-12(14)16(13)25/h2-10H,1H3,(H,20,25)(H,21,26). The number of carbonyl (C=O) groups is 1. The summed E-state index contributed by atoms with van der Waals surface area (Å²) < 4.78 is 1.79. The smallest absolute Gasteiger partial charge is 0.257 e. The van der Waals surface area contributed by atoms with Gasteiger partial charge >= 0.3 is 0 Å². The number of carbonyl (C=O) groups excluding carboxylic acids is 1. The van der Waals surface area contributed by atoms with Crippen LogP contribution < -0.4 is 10.7 Å². The van der Waals surface area contributed by atoms with Crippen LogP contribution in [0.3, 0.4) is 0 Å². The lowest BCUT2D eigenvalue weighted by molar-refractivity contribution is 0.0937. The van der Waals surface area contributed by atoms with Crippen molar-refractivity contribution in [2.75, 3.05) is 0 Å². The van der Waals surface area contributed by atoms with E-state index in [1.54, 1.807) is 29.5 Å². The minimum Gasteiger partial charge on any atom is -0.360 e. The van der Waals surface area contributed by atoms with E-state index in [4.69, 9.17) is 11.6 Å². The summed E-state index contributed by atoms with van der Waals surface area (Å²) >= 11 is 5.96. The SMILES string of the molecule is CC(NC(=O)c1c[nH]c2ccc(Cl)cc2c1=O)c1nnc2ccccn12. The molecule has 0 bridgehead atoms. The number of hydrogen-bond donors (Lipinski definition) is 2. The molecule has 1 atom stereocenters. The van der Waals surface area contributed by atoms with E-state index in [2.05, 4.69) is 20.5 Å². The quantitative estimate of drug-likeness (QED) is 0.582. The Morgan fingerprint density at radius 3 is 2.96 bits per heavy atom. The predicted molar refractivity (Wildman–Crippen MR) is 98.4 cm³/mol. The Labute approximate surface area is 152 Å². The minimum absolute atomic E-state index is 0.0143. The molecule has 26 heavy (non-hydrogen) atoms. The van der Waals surface area contributed by atoms with Crippen molar-refractivity contribution in [2.45, 2.75) is 13.0 Å². The number of nitrogens with one attached hydrogen (secondary N) is 2. The molecule has 1 aromatic carbocycles. The van der Waals surface area contributed by atoms with Crippen molar-refractivity contribution in [3.8, 4) is 0 Å². The summed E-state index contributed by atoms with van der Waals surface area (Å²) in [6.07, 6.45) is 3.22. The van der Waals surface area contributed by atoms with Gasteiger partial charge in [-0.3, -0.25) is 14.0 Å². The molecule has 2 N–H and O–H groups in total. The molecule has 0 spiro atoms. The van der Waals surface area contributed by atoms with E-state index in [1.807, 2.05) is 24.4 Å². The molecule has 4 aromatic rings. The minimum atomic E-state index is -0.492. The van der Waals surface area contributed by atoms with Gasteiger partial charge in [0.1, 0.15) is 5.56 Å². The zero-order chi connectivity index (χ0) is 18.3. The summed E-state index contributed by atoms with van der Waals surface area (Å²) in [4.78, 5) is 28.2. The first-order chi connectivity index (χ1) is 12.5. The van der Waals surface area contributed by atoms with Gasteiger partial charge in [-0.2, -0.15) is 0 Å². The van der Waals surface area contributed by atoms with Gasteiger partial charge in [0, 0.05) is 28.3 Å². The third-order valence-corrected chi connectivity index (χ3v) is 4.40. The fraction of sp³-hybridized carbons (Fsp3) is 0.111. The van der Waals surface area contributed by atoms with Crippen LogP contribution in [-0.4, -0.2) is 25.5 Å². The van der Waals surface area contributed by atoms with Crippen LogP contribution in [0, 0.1) is 0 Å². The normalized spacial score (nSPS) is 12.4. The van der Waals surface area contributed by atoms with Gasteiger partial charge in [0.25, 0.3) is 5.91 Å². The number of H-pyrrole nitrogens is 1. The number of fused-ring (bicyclic) bond motifs is 2. The lowest BCUT2D eigenvalue weighted by Gasteiger charge is -2.12. The van der Waals surface area contributed by atoms with Gasteiger partial charge in [-0.05, 0) is 37.3 Å². The van der Waals surface area contributed by atoms with Gasteiger partial charge < -0.3 is 10.3 Å². The van der Waals surface area contributed by atoms with Crippen molar-refractivity contribution >= 4 is 34.1 Å². The number of halogens is 1. The first-order valence-electron chi connectivity index (χ1n) is 7.96. The number of aromatic amines is 1. The third-order valence-electron chi connectivity index (χ3n) is 4.16. The maximum absolute atomic E-state index is 12.6. The Hall–Kier alpha value is -3.19. The number of rotatable bonds is 3. The van der Waals surface area contributed by atoms with Gasteiger partial charge in [0.15, 0.2) is 11.5 Å². The molecule has 0 saturated heterocycles. The lowest BCUT2D eigenvalue weighted by atomic mass is 10.1. The number of pyridine rings is 2. The average molecular weight is 368 g/mol. The molecule has 1 amide bonds. The highest BCUT2D eigenvalue weighted by molar-refractivity contribution is 6.31. The second kappa shape index (κ2) is 6.27. The molecule has 0 aliphatic carbocycles. The summed E-state index contributed by atoms with van der Waals surface area (Å²) in [5.41, 5.74) is 0.937. The van der Waals surface area contributed by atoms with E-state index in [0.717, 1.165) is 0 Å². The van der Waals surface area contributed by atoms with Crippen LogP contribution in [0.1, 0.15) is 29.1 Å². The Morgan fingerprint density at radius 2 is 2.12 bits per heavy atom. The van der Waals surface area contributed by atoms with Crippen LogP contribution in [0.5, 0.6) is 0 Å². The van der Waals surface area contributed by atoms with Gasteiger partial charge in [0.05, 0.1) is 6.04 Å². The summed E-state index contributed by atoms with van der Waals surface area (Å²) in [5.74, 6) is 0.0857. The van der Waals surface area contributed by atoms with Crippen LogP contribution in [0.25, 0.3) is 16.6 Å². The fourth-order valence-electron chi connectivity index (χ4n) is 2.85. The highest BCUT2D eigenvalue weighted by atomic mass is 35.5. The predicted octanol–water partition coefficient (Wildman–Crippen LogP) is 2.72. The van der Waals surface area contributed by atoms with E-state index >= 15 is 0 Å². The summed E-state index contributed by atoms with van der Waals surface area (Å²) in [6, 6.07) is 10.0. The molecule has 7 nitrogen and oxygen atoms in total. The van der Waals surface area contributed by atoms with Gasteiger partial charge in [-0.15, -0.1) is 10.2 Å². The molecule has 0 saturated carbocycles. The van der Waals surface area contributed by atoms with Crippen molar-refractivity contribution in [2.24, 2.45) is 0 Å². The molecule has 0 aliphatic rings. The number of amides is 1. The van der Waals surface area contributed by atoms with Crippen LogP contribution in [-0.2, 0) is 0 Å². The molecule has 0 aliphatic heterocycles. The van der Waals surface area contributed by atoms with E-state index in [1.165, 1.54) is 6.20 Å². The van der Waals surface area contributed by atoms with E-state index in [-0.39, 0.29) is 11.0 Å². The number of aromatic nitrogens is 4. The molecule has 3 aromatic heterocycles. The summed E-state index contributed by atoms with van der Waals surface area (Å²) in [7, 11) is 0. The number of nitrogens with zero attached hydrogens (tertiary/aromatic N) is 3. The summed E-state index contributed by atoms with van der Waals surface area (Å²) in [6.45, 7) is 1.79. The van der Waals surface area contributed by atoms with Crippen LogP contribution in [0.15, 0.2) is 53.6 Å². The molecule has 0 radical (unpaired) electrons. The second-order valence-electron chi connectivity index (χ2n) is 5.90. The molecule has 130 valence electrons. The first-order valence-corrected chi connectivity index (χ1v) is 8.34. The van der Waals surface area contributed by atoms with Crippen molar-refractivity contribution in [1.82, 2.24) is 24.9 Å². The zero-order valence-corrected chi connectivity index (χ0v) is 14.5. The number of hydrogen-bond acceptors (Lipinski definition) is 4. The van der Waals surface area contributed by atoms with E-state index in [9.17, 15) is 9.59 Å². The van der Waals surface area contributed by atoms with Gasteiger partial charge in [-0.1, -0.05) is 17.7 Å². The van der Waals surface area contributed by atoms with Gasteiger partial charge in [0.2, 0.25) is 5.43 Å². The Bertz CT molecular complexity index is 1200. The molecule has 3 heterocycles. The van der Waals surface area contributed by atoms with Crippen molar-refractivity contribution in [1.29, 1.82) is 0 Å². The van der Waals surface area contributed by atoms with Crippen LogP contribution >= 0.6 is 11.6 Å². The lowest BCUT2D eigenvalue weighted by Crippen LogP contribution is -2.32. The van der Waals surface area contributed by atoms with Crippen LogP contribution in [0.4, 0.5) is 0 Å². The molecule has 8 heteroatoms. The largest absolute Gasteiger partial charge is 0.360 e. The average Bonchev–Trinajstić information content (AvgIpc) is 3.06. The zero-order valence-electron chi connectivity index (χ0n) is 13.7. The second-order valence-corrected chi connectivity index (χ2v) is 6.34. The van der Waals surface area contributed by atoms with Crippen molar-refractivity contribution in [3.05, 3.63) is 75.4 Å². The molecular weight excluding hydrogens is 354 g/mol. The van der Waals surface area contributed by atoms with Crippen LogP contribution in [0.2, 0.25) is 5.02 Å². The summed E-state index contributed by atoms with van der Waals surface area (Å²) in [5, 5.41) is 11.8. The highest BCUT2D eigenvalue weighted by Gasteiger charge is 2.19. The molecular formula is C18H14ClN5O2. The fourth-order valence-corrected chi connectivity index (χ4v) is 3.03. The third kappa shape index (κ3) is 2.72. The maximum atomic E-state index is 12.6. The Balaban J connectivity index is 1.67. The topological polar surface area (TPSA) is 92.1 Å². The van der Waals surface area contributed by atoms with Crippen molar-refractivity contribution in [3.63, 3.8) is 0 Å². The monoisotopic (exact) mass is 367 g/mol. The molecule has 4 rings (SSSR count). The molecule has 1 unspecified atom stereocenters. The number of benzene rings is 1. The highest BCUT2D eigenvalue weighted by Crippen LogP contribution is 2.16. The van der Waals surface area contributed by atoms with Gasteiger partial charge in [-0.25, -0.2) is 0 Å². The van der Waals surface area contributed by atoms with E-state index in [0.29, 0.717) is 27.4 Å². The first kappa shape index (κ1) is 16.3. The Kier molecular flexibility index (Phi) is 3.93. The van der Waals surface area contributed by atoms with E-state index < -0.39 is 11.9 Å². The molecule has 0 fully saturated rings. The Morgan fingerprint density at radius 1 is 1.27 bits per heavy atom.